The van der Waals surface area contributed by atoms with Gasteiger partial charge in [-0.05, 0) is 46.2 Å². The molecule has 2 heterocycles. The summed E-state index contributed by atoms with van der Waals surface area (Å²) in [5.41, 5.74) is 4.56. The predicted octanol–water partition coefficient (Wildman–Crippen LogP) is 6.73. The highest BCUT2D eigenvalue weighted by atomic mass is 32.2. The van der Waals surface area contributed by atoms with Gasteiger partial charge in [-0.2, -0.15) is 0 Å². The van der Waals surface area contributed by atoms with E-state index < -0.39 is 0 Å². The van der Waals surface area contributed by atoms with Crippen LogP contribution in [0, 0.1) is 0 Å². The van der Waals surface area contributed by atoms with Crippen molar-refractivity contribution in [2.24, 2.45) is 0 Å². The molecule has 1 aliphatic rings. The van der Waals surface area contributed by atoms with E-state index in [1.54, 1.807) is 24.8 Å². The van der Waals surface area contributed by atoms with Gasteiger partial charge in [0.1, 0.15) is 11.3 Å². The highest BCUT2D eigenvalue weighted by Crippen LogP contribution is 2.51. The van der Waals surface area contributed by atoms with Gasteiger partial charge in [-0.25, -0.2) is 0 Å². The van der Waals surface area contributed by atoms with Crippen LogP contribution < -0.4 is 4.90 Å². The summed E-state index contributed by atoms with van der Waals surface area (Å²) >= 11 is 1.66. The van der Waals surface area contributed by atoms with E-state index in [2.05, 4.69) is 63.0 Å². The van der Waals surface area contributed by atoms with Crippen LogP contribution in [0.2, 0.25) is 0 Å². The molecule has 3 rings (SSSR count). The van der Waals surface area contributed by atoms with Crippen molar-refractivity contribution in [1.82, 2.24) is 0 Å². The van der Waals surface area contributed by atoms with Crippen LogP contribution in [0.3, 0.4) is 0 Å². The Morgan fingerprint density at radius 2 is 2.00 bits per heavy atom. The number of anilines is 1. The average molecular weight is 382 g/mol. The predicted molar refractivity (Wildman–Crippen MR) is 116 cm³/mol. The first kappa shape index (κ1) is 19.6. The smallest absolute Gasteiger partial charge is 0.155 e. The third-order valence-electron chi connectivity index (χ3n) is 4.57. The second-order valence-electron chi connectivity index (χ2n) is 6.94. The molecule has 0 N–H and O–H groups in total. The third-order valence-corrected chi connectivity index (χ3v) is 5.66. The fraction of sp³-hybridized carbons (Fsp3) is 0.348. The summed E-state index contributed by atoms with van der Waals surface area (Å²) in [4.78, 5) is 15.1. The largest absolute Gasteiger partial charge is 0.460 e. The normalized spacial score (nSPS) is 15.1. The van der Waals surface area contributed by atoms with Crippen LogP contribution in [0.15, 0.2) is 50.3 Å². The molecule has 1 aromatic heterocycles. The molecule has 27 heavy (non-hydrogen) atoms. The molecule has 2 aromatic rings. The second-order valence-corrected chi connectivity index (χ2v) is 8.00. The summed E-state index contributed by atoms with van der Waals surface area (Å²) < 4.78 is 6.17. The molecule has 0 bridgehead atoms. The van der Waals surface area contributed by atoms with Crippen LogP contribution in [0.4, 0.5) is 5.69 Å². The number of aryl methyl sites for hydroxylation is 1. The van der Waals surface area contributed by atoms with E-state index in [1.807, 2.05) is 0 Å². The number of furan rings is 1. The number of carbonyl (C=O) groups excluding carboxylic acids is 1. The minimum Gasteiger partial charge on any atom is -0.460 e. The lowest BCUT2D eigenvalue weighted by molar-refractivity contribution is -0.112. The molecule has 4 heteroatoms. The molecule has 0 fully saturated rings. The molecule has 0 atom stereocenters. The standard InChI is InChI=1S/C23H27NO2S/c1-6-18-17(11-9-8-10-15(3)4)22-19(26-18)12-13-20-23(22)24(7-2)21(27-20)14-16(5)25/h9-14H,6-8H2,1-5H3/b11-9?,21-14-. The van der Waals surface area contributed by atoms with Crippen LogP contribution in [-0.2, 0) is 11.2 Å². The van der Waals surface area contributed by atoms with Crippen LogP contribution in [0.5, 0.6) is 0 Å². The van der Waals surface area contributed by atoms with E-state index >= 15 is 0 Å². The Bertz CT molecular complexity index is 958. The van der Waals surface area contributed by atoms with Gasteiger partial charge in [0.2, 0.25) is 0 Å². The van der Waals surface area contributed by atoms with E-state index in [0.717, 1.165) is 52.4 Å². The number of ketones is 1. The van der Waals surface area contributed by atoms with Crippen LogP contribution in [-0.4, -0.2) is 12.3 Å². The van der Waals surface area contributed by atoms with Crippen molar-refractivity contribution in [3.63, 3.8) is 0 Å². The zero-order chi connectivity index (χ0) is 19.6. The molecule has 142 valence electrons. The fourth-order valence-corrected chi connectivity index (χ4v) is 4.60. The molecule has 1 aliphatic heterocycles. The number of allylic oxidation sites excluding steroid dienone is 4. The molecule has 0 radical (unpaired) electrons. The Hall–Kier alpha value is -2.20. The van der Waals surface area contributed by atoms with Gasteiger partial charge in [-0.3, -0.25) is 4.79 Å². The van der Waals surface area contributed by atoms with Crippen molar-refractivity contribution in [3.05, 3.63) is 52.3 Å². The van der Waals surface area contributed by atoms with E-state index in [1.165, 1.54) is 10.5 Å². The van der Waals surface area contributed by atoms with E-state index in [0.29, 0.717) is 0 Å². The van der Waals surface area contributed by atoms with Gasteiger partial charge < -0.3 is 9.32 Å². The minimum absolute atomic E-state index is 0.0725. The molecule has 0 unspecified atom stereocenters. The molecular weight excluding hydrogens is 354 g/mol. The first-order chi connectivity index (χ1) is 13.0. The fourth-order valence-electron chi connectivity index (χ4n) is 3.38. The number of fused-ring (bicyclic) bond motifs is 3. The lowest BCUT2D eigenvalue weighted by Gasteiger charge is -2.18. The average Bonchev–Trinajstić information content (AvgIpc) is 3.14. The molecule has 0 amide bonds. The molecular formula is C23H27NO2S. The highest BCUT2D eigenvalue weighted by molar-refractivity contribution is 8.03. The number of nitrogens with zero attached hydrogens (tertiary/aromatic N) is 1. The minimum atomic E-state index is 0.0725. The van der Waals surface area contributed by atoms with Crippen LogP contribution in [0.25, 0.3) is 17.0 Å². The summed E-state index contributed by atoms with van der Waals surface area (Å²) in [5, 5.41) is 2.14. The van der Waals surface area contributed by atoms with Crippen molar-refractivity contribution in [2.45, 2.75) is 52.4 Å². The summed E-state index contributed by atoms with van der Waals surface area (Å²) in [7, 11) is 0. The Balaban J connectivity index is 2.16. The van der Waals surface area contributed by atoms with Crippen molar-refractivity contribution in [1.29, 1.82) is 0 Å². The van der Waals surface area contributed by atoms with E-state index in [-0.39, 0.29) is 5.78 Å². The van der Waals surface area contributed by atoms with Crippen molar-refractivity contribution in [3.8, 4) is 0 Å². The zero-order valence-corrected chi connectivity index (χ0v) is 17.6. The van der Waals surface area contributed by atoms with Crippen LogP contribution in [0.1, 0.15) is 52.4 Å². The van der Waals surface area contributed by atoms with Crippen LogP contribution >= 0.6 is 11.8 Å². The topological polar surface area (TPSA) is 33.5 Å². The van der Waals surface area contributed by atoms with Gasteiger partial charge in [0.25, 0.3) is 0 Å². The first-order valence-corrected chi connectivity index (χ1v) is 10.3. The lowest BCUT2D eigenvalue weighted by atomic mass is 10.1. The Labute approximate surface area is 165 Å². The Morgan fingerprint density at radius 3 is 2.63 bits per heavy atom. The summed E-state index contributed by atoms with van der Waals surface area (Å²) in [5.74, 6) is 1.08. The second kappa shape index (κ2) is 8.22. The highest BCUT2D eigenvalue weighted by Gasteiger charge is 2.29. The Morgan fingerprint density at radius 1 is 1.22 bits per heavy atom. The number of rotatable bonds is 6. The number of carbonyl (C=O) groups is 1. The maximum absolute atomic E-state index is 11.7. The third kappa shape index (κ3) is 3.91. The van der Waals surface area contributed by atoms with Crippen molar-refractivity contribution in [2.75, 3.05) is 11.4 Å². The monoisotopic (exact) mass is 381 g/mol. The summed E-state index contributed by atoms with van der Waals surface area (Å²) in [6.07, 6.45) is 10.1. The number of thioether (sulfide) groups is 1. The first-order valence-electron chi connectivity index (χ1n) is 9.52. The molecule has 0 spiro atoms. The van der Waals surface area contributed by atoms with E-state index in [9.17, 15) is 4.79 Å². The van der Waals surface area contributed by atoms with Gasteiger partial charge in [0.15, 0.2) is 5.78 Å². The zero-order valence-electron chi connectivity index (χ0n) is 16.8. The summed E-state index contributed by atoms with van der Waals surface area (Å²) in [6.45, 7) is 10.9. The number of hydrogen-bond donors (Lipinski definition) is 0. The SMILES string of the molecule is CCc1oc2ccc3c(c2c1C=CCC=C(C)C)N(CC)/C(=C/C(C)=O)S3. The Kier molecular flexibility index (Phi) is 5.95. The lowest BCUT2D eigenvalue weighted by Crippen LogP contribution is -2.17. The van der Waals surface area contributed by atoms with Gasteiger partial charge in [-0.15, -0.1) is 0 Å². The van der Waals surface area contributed by atoms with Crippen molar-refractivity contribution >= 4 is 40.3 Å². The van der Waals surface area contributed by atoms with Gasteiger partial charge >= 0.3 is 0 Å². The van der Waals surface area contributed by atoms with Gasteiger partial charge in [0, 0.05) is 29.5 Å². The number of hydrogen-bond acceptors (Lipinski definition) is 4. The van der Waals surface area contributed by atoms with Gasteiger partial charge in [0.05, 0.1) is 16.1 Å². The maximum atomic E-state index is 11.7. The molecule has 0 saturated heterocycles. The maximum Gasteiger partial charge on any atom is 0.155 e. The molecule has 0 aliphatic carbocycles. The molecule has 0 saturated carbocycles. The quantitative estimate of drug-likeness (QED) is 0.410. The molecule has 1 aromatic carbocycles. The van der Waals surface area contributed by atoms with E-state index in [4.69, 9.17) is 4.42 Å². The molecule has 3 nitrogen and oxygen atoms in total. The van der Waals surface area contributed by atoms with Gasteiger partial charge in [-0.1, -0.05) is 42.5 Å². The van der Waals surface area contributed by atoms with Crippen molar-refractivity contribution < 1.29 is 9.21 Å². The summed E-state index contributed by atoms with van der Waals surface area (Å²) in [6, 6.07) is 4.16. The number of benzene rings is 1.